The fourth-order valence-corrected chi connectivity index (χ4v) is 3.33. The summed E-state index contributed by atoms with van der Waals surface area (Å²) in [5.41, 5.74) is 4.73. The second kappa shape index (κ2) is 6.32. The first-order valence-corrected chi connectivity index (χ1v) is 8.31. The van der Waals surface area contributed by atoms with Crippen LogP contribution in [-0.2, 0) is 6.42 Å². The van der Waals surface area contributed by atoms with Gasteiger partial charge in [-0.25, -0.2) is 0 Å². The third-order valence-electron chi connectivity index (χ3n) is 4.46. The molecule has 0 atom stereocenters. The van der Waals surface area contributed by atoms with Gasteiger partial charge >= 0.3 is 0 Å². The van der Waals surface area contributed by atoms with Crippen LogP contribution < -0.4 is 4.74 Å². The zero-order chi connectivity index (χ0) is 16.4. The van der Waals surface area contributed by atoms with Crippen molar-refractivity contribution in [3.05, 3.63) is 84.6 Å². The molecule has 4 rings (SSSR count). The Kier molecular flexibility index (Phi) is 3.87. The smallest absolute Gasteiger partial charge is 0.126 e. The summed E-state index contributed by atoms with van der Waals surface area (Å²) in [7, 11) is 0. The average molecular weight is 313 g/mol. The minimum atomic E-state index is 0.843. The van der Waals surface area contributed by atoms with Crippen LogP contribution in [0.1, 0.15) is 24.0 Å². The second-order valence-corrected chi connectivity index (χ2v) is 6.05. The van der Waals surface area contributed by atoms with Crippen molar-refractivity contribution in [2.24, 2.45) is 4.99 Å². The number of benzene rings is 3. The number of aryl methyl sites for hydroxylation is 1. The average Bonchev–Trinajstić information content (AvgIpc) is 2.62. The summed E-state index contributed by atoms with van der Waals surface area (Å²) < 4.78 is 5.40. The molecular weight excluding hydrogens is 294 g/mol. The molecular formula is C22H19NO. The van der Waals surface area contributed by atoms with Crippen molar-refractivity contribution in [2.45, 2.75) is 19.3 Å². The van der Waals surface area contributed by atoms with Crippen LogP contribution in [0.25, 0.3) is 10.8 Å². The molecule has 2 heteroatoms. The summed E-state index contributed by atoms with van der Waals surface area (Å²) in [6.45, 7) is 3.62. The third-order valence-corrected chi connectivity index (χ3v) is 4.46. The van der Waals surface area contributed by atoms with Crippen molar-refractivity contribution in [3.8, 4) is 5.75 Å². The maximum Gasteiger partial charge on any atom is 0.126 e. The summed E-state index contributed by atoms with van der Waals surface area (Å²) in [4.78, 5) is 4.94. The lowest BCUT2D eigenvalue weighted by atomic mass is 9.89. The van der Waals surface area contributed by atoms with E-state index in [1.807, 2.05) is 6.07 Å². The number of hydrogen-bond donors (Lipinski definition) is 0. The van der Waals surface area contributed by atoms with E-state index in [0.717, 1.165) is 36.4 Å². The van der Waals surface area contributed by atoms with Crippen LogP contribution in [-0.4, -0.2) is 5.71 Å². The predicted molar refractivity (Wildman–Crippen MR) is 100 cm³/mol. The Hall–Kier alpha value is -2.87. The Morgan fingerprint density at radius 1 is 0.917 bits per heavy atom. The van der Waals surface area contributed by atoms with Gasteiger partial charge in [-0.3, -0.25) is 4.99 Å². The van der Waals surface area contributed by atoms with Crippen LogP contribution >= 0.6 is 0 Å². The van der Waals surface area contributed by atoms with Crippen LogP contribution in [0.2, 0.25) is 0 Å². The zero-order valence-electron chi connectivity index (χ0n) is 13.5. The molecule has 0 aromatic heterocycles. The van der Waals surface area contributed by atoms with E-state index in [9.17, 15) is 0 Å². The Labute approximate surface area is 142 Å². The van der Waals surface area contributed by atoms with Gasteiger partial charge in [0.1, 0.15) is 5.75 Å². The molecule has 24 heavy (non-hydrogen) atoms. The molecule has 1 aliphatic rings. The highest BCUT2D eigenvalue weighted by Crippen LogP contribution is 2.29. The molecule has 3 aromatic rings. The lowest BCUT2D eigenvalue weighted by Gasteiger charge is -2.19. The molecule has 0 bridgehead atoms. The summed E-state index contributed by atoms with van der Waals surface area (Å²) in [6, 6.07) is 21.0. The third kappa shape index (κ3) is 2.83. The van der Waals surface area contributed by atoms with Crippen LogP contribution in [0.3, 0.4) is 0 Å². The van der Waals surface area contributed by atoms with Crippen molar-refractivity contribution in [1.29, 1.82) is 0 Å². The Morgan fingerprint density at radius 3 is 2.67 bits per heavy atom. The van der Waals surface area contributed by atoms with Gasteiger partial charge in [-0.1, -0.05) is 36.9 Å². The van der Waals surface area contributed by atoms with E-state index < -0.39 is 0 Å². The van der Waals surface area contributed by atoms with E-state index in [4.69, 9.17) is 9.73 Å². The minimum absolute atomic E-state index is 0.843. The van der Waals surface area contributed by atoms with E-state index in [-0.39, 0.29) is 0 Å². The Morgan fingerprint density at radius 2 is 1.79 bits per heavy atom. The highest BCUT2D eigenvalue weighted by molar-refractivity contribution is 6.04. The van der Waals surface area contributed by atoms with Crippen LogP contribution in [0, 0.1) is 0 Å². The van der Waals surface area contributed by atoms with Gasteiger partial charge < -0.3 is 4.74 Å². The molecule has 0 N–H and O–H groups in total. The van der Waals surface area contributed by atoms with E-state index >= 15 is 0 Å². The monoisotopic (exact) mass is 313 g/mol. The van der Waals surface area contributed by atoms with Crippen molar-refractivity contribution in [1.82, 2.24) is 0 Å². The van der Waals surface area contributed by atoms with Gasteiger partial charge in [-0.05, 0) is 71.5 Å². The maximum absolute atomic E-state index is 5.40. The molecule has 0 heterocycles. The largest absolute Gasteiger partial charge is 0.466 e. The molecule has 0 radical (unpaired) electrons. The fourth-order valence-electron chi connectivity index (χ4n) is 3.33. The first-order chi connectivity index (χ1) is 11.8. The van der Waals surface area contributed by atoms with Gasteiger partial charge in [0.05, 0.1) is 11.9 Å². The van der Waals surface area contributed by atoms with Crippen molar-refractivity contribution < 1.29 is 4.74 Å². The van der Waals surface area contributed by atoms with E-state index in [1.165, 1.54) is 28.2 Å². The number of rotatable bonds is 3. The van der Waals surface area contributed by atoms with Gasteiger partial charge in [0.15, 0.2) is 0 Å². The number of hydrogen-bond acceptors (Lipinski definition) is 2. The van der Waals surface area contributed by atoms with Gasteiger partial charge in [0.25, 0.3) is 0 Å². The summed E-state index contributed by atoms with van der Waals surface area (Å²) in [5.74, 6) is 0.843. The Balaban J connectivity index is 1.73. The van der Waals surface area contributed by atoms with E-state index in [1.54, 1.807) is 0 Å². The standard InChI is InChI=1S/C22H19NO/c1-2-24-20-12-13-21-18(15-20)8-5-9-22(21)23-19-11-10-16-6-3-4-7-17(16)14-19/h2-4,6-7,10-15H,1,5,8-9H2. The normalized spacial score (nSPS) is 15.2. The topological polar surface area (TPSA) is 21.6 Å². The summed E-state index contributed by atoms with van der Waals surface area (Å²) in [5, 5.41) is 2.47. The van der Waals surface area contributed by atoms with Crippen molar-refractivity contribution in [3.63, 3.8) is 0 Å². The minimum Gasteiger partial charge on any atom is -0.466 e. The molecule has 0 amide bonds. The number of aliphatic imine (C=N–C) groups is 1. The predicted octanol–water partition coefficient (Wildman–Crippen LogP) is 5.82. The SMILES string of the molecule is C=COc1ccc2c(c1)CCCC2=Nc1ccc2ccccc2c1. The van der Waals surface area contributed by atoms with Crippen molar-refractivity contribution in [2.75, 3.05) is 0 Å². The zero-order valence-corrected chi connectivity index (χ0v) is 13.5. The van der Waals surface area contributed by atoms with Gasteiger partial charge in [0, 0.05) is 5.71 Å². The Bertz CT molecular complexity index is 940. The first-order valence-electron chi connectivity index (χ1n) is 8.31. The molecule has 0 spiro atoms. The van der Waals surface area contributed by atoms with Crippen LogP contribution in [0.15, 0.2) is 78.5 Å². The van der Waals surface area contributed by atoms with Gasteiger partial charge in [-0.15, -0.1) is 0 Å². The molecule has 2 nitrogen and oxygen atoms in total. The summed E-state index contributed by atoms with van der Waals surface area (Å²) >= 11 is 0. The molecule has 0 fully saturated rings. The molecule has 118 valence electrons. The first kappa shape index (κ1) is 14.7. The van der Waals surface area contributed by atoms with Crippen LogP contribution in [0.4, 0.5) is 5.69 Å². The van der Waals surface area contributed by atoms with Gasteiger partial charge in [-0.2, -0.15) is 0 Å². The molecule has 3 aromatic carbocycles. The number of fused-ring (bicyclic) bond motifs is 2. The van der Waals surface area contributed by atoms with Gasteiger partial charge in [0.2, 0.25) is 0 Å². The molecule has 0 saturated carbocycles. The lowest BCUT2D eigenvalue weighted by molar-refractivity contribution is 0.482. The molecule has 1 aliphatic carbocycles. The molecule has 0 aliphatic heterocycles. The quantitative estimate of drug-likeness (QED) is 0.558. The number of ether oxygens (including phenoxy) is 1. The van der Waals surface area contributed by atoms with Crippen LogP contribution in [0.5, 0.6) is 5.75 Å². The van der Waals surface area contributed by atoms with Crippen molar-refractivity contribution >= 4 is 22.2 Å². The highest BCUT2D eigenvalue weighted by Gasteiger charge is 2.16. The van der Waals surface area contributed by atoms with E-state index in [2.05, 4.69) is 61.2 Å². The summed E-state index contributed by atoms with van der Waals surface area (Å²) in [6.07, 6.45) is 4.67. The van der Waals surface area contributed by atoms with E-state index in [0.29, 0.717) is 0 Å². The number of nitrogens with zero attached hydrogens (tertiary/aromatic N) is 1. The highest BCUT2D eigenvalue weighted by atomic mass is 16.5. The maximum atomic E-state index is 5.40. The molecule has 0 saturated heterocycles. The fraction of sp³-hybridized carbons (Fsp3) is 0.136. The molecule has 0 unspecified atom stereocenters. The lowest BCUT2D eigenvalue weighted by Crippen LogP contribution is -2.11. The second-order valence-electron chi connectivity index (χ2n) is 6.05.